The van der Waals surface area contributed by atoms with Crippen LogP contribution in [-0.4, -0.2) is 18.2 Å². The Bertz CT molecular complexity index is 187. The van der Waals surface area contributed by atoms with Gasteiger partial charge in [0, 0.05) is 6.10 Å². The Labute approximate surface area is 80.1 Å². The Hall–Kier alpha value is -0.275. The van der Waals surface area contributed by atoms with Crippen molar-refractivity contribution in [2.75, 3.05) is 0 Å². The van der Waals surface area contributed by atoms with Crippen molar-refractivity contribution in [3.8, 4) is 0 Å². The van der Waals surface area contributed by atoms with Gasteiger partial charge < -0.3 is 9.68 Å². The first-order chi connectivity index (χ1) is 6.36. The van der Waals surface area contributed by atoms with E-state index in [0.29, 0.717) is 5.92 Å². The van der Waals surface area contributed by atoms with Crippen LogP contribution in [0.2, 0.25) is 0 Å². The summed E-state index contributed by atoms with van der Waals surface area (Å²) in [5, 5.41) is 9.30. The molecule has 2 nitrogen and oxygen atoms in total. The zero-order valence-electron chi connectivity index (χ0n) is 7.98. The minimum absolute atomic E-state index is 0.278. The van der Waals surface area contributed by atoms with Gasteiger partial charge in [0.05, 0.1) is 0 Å². The van der Waals surface area contributed by atoms with E-state index in [9.17, 15) is 5.02 Å². The summed E-state index contributed by atoms with van der Waals surface area (Å²) in [7, 11) is -0.652. The molecule has 2 aliphatic rings. The molecule has 0 amide bonds. The van der Waals surface area contributed by atoms with Crippen LogP contribution in [0.25, 0.3) is 0 Å². The molecule has 0 spiro atoms. The first-order valence-corrected chi connectivity index (χ1v) is 5.36. The minimum Gasteiger partial charge on any atom is -0.423 e. The van der Waals surface area contributed by atoms with Crippen molar-refractivity contribution >= 4 is 7.12 Å². The summed E-state index contributed by atoms with van der Waals surface area (Å²) < 4.78 is 5.49. The van der Waals surface area contributed by atoms with Crippen LogP contribution in [0.4, 0.5) is 0 Å². The van der Waals surface area contributed by atoms with Gasteiger partial charge in [-0.05, 0) is 25.2 Å². The maximum atomic E-state index is 9.30. The van der Waals surface area contributed by atoms with Crippen molar-refractivity contribution in [2.45, 2.75) is 44.6 Å². The van der Waals surface area contributed by atoms with E-state index in [4.69, 9.17) is 4.65 Å². The first kappa shape index (κ1) is 9.29. The lowest BCUT2D eigenvalue weighted by atomic mass is 9.79. The third kappa shape index (κ3) is 2.35. The lowest BCUT2D eigenvalue weighted by molar-refractivity contribution is 0.0878. The SMILES string of the molecule is OB1C=CCC(C2CCCCC2)O1. The van der Waals surface area contributed by atoms with E-state index < -0.39 is 7.12 Å². The van der Waals surface area contributed by atoms with Crippen molar-refractivity contribution in [3.05, 3.63) is 12.1 Å². The monoisotopic (exact) mass is 180 g/mol. The number of rotatable bonds is 1. The molecule has 1 unspecified atom stereocenters. The summed E-state index contributed by atoms with van der Waals surface area (Å²) in [5.74, 6) is 2.42. The van der Waals surface area contributed by atoms with Gasteiger partial charge in [0.25, 0.3) is 0 Å². The summed E-state index contributed by atoms with van der Waals surface area (Å²) in [6, 6.07) is 0. The predicted molar refractivity (Wildman–Crippen MR) is 53.2 cm³/mol. The Morgan fingerprint density at radius 1 is 1.23 bits per heavy atom. The minimum atomic E-state index is -0.652. The van der Waals surface area contributed by atoms with E-state index in [1.165, 1.54) is 32.1 Å². The van der Waals surface area contributed by atoms with E-state index in [1.807, 2.05) is 6.08 Å². The third-order valence-corrected chi connectivity index (χ3v) is 3.16. The molecule has 0 aromatic heterocycles. The summed E-state index contributed by atoms with van der Waals surface area (Å²) in [6.45, 7) is 0. The fourth-order valence-corrected chi connectivity index (χ4v) is 2.42. The van der Waals surface area contributed by atoms with Gasteiger partial charge in [-0.25, -0.2) is 0 Å². The summed E-state index contributed by atoms with van der Waals surface area (Å²) in [5.41, 5.74) is 0. The molecule has 13 heavy (non-hydrogen) atoms. The van der Waals surface area contributed by atoms with Crippen LogP contribution >= 0.6 is 0 Å². The predicted octanol–water partition coefficient (Wildman–Crippen LogP) is 1.93. The van der Waals surface area contributed by atoms with Crippen molar-refractivity contribution < 1.29 is 9.68 Å². The van der Waals surface area contributed by atoms with Crippen molar-refractivity contribution in [3.63, 3.8) is 0 Å². The highest BCUT2D eigenvalue weighted by molar-refractivity contribution is 6.49. The van der Waals surface area contributed by atoms with Gasteiger partial charge in [-0.15, -0.1) is 0 Å². The molecule has 1 saturated carbocycles. The second kappa shape index (κ2) is 4.29. The van der Waals surface area contributed by atoms with Crippen molar-refractivity contribution in [1.82, 2.24) is 0 Å². The molecule has 1 N–H and O–H groups in total. The van der Waals surface area contributed by atoms with Crippen LogP contribution in [0.15, 0.2) is 12.1 Å². The maximum Gasteiger partial charge on any atom is 0.483 e. The third-order valence-electron chi connectivity index (χ3n) is 3.16. The molecule has 1 heterocycles. The molecule has 72 valence electrons. The van der Waals surface area contributed by atoms with Gasteiger partial charge in [-0.2, -0.15) is 0 Å². The lowest BCUT2D eigenvalue weighted by Gasteiger charge is -2.32. The largest absolute Gasteiger partial charge is 0.483 e. The number of hydrogen-bond acceptors (Lipinski definition) is 2. The van der Waals surface area contributed by atoms with Crippen LogP contribution in [0.1, 0.15) is 38.5 Å². The van der Waals surface area contributed by atoms with Gasteiger partial charge in [0.1, 0.15) is 0 Å². The Morgan fingerprint density at radius 3 is 2.69 bits per heavy atom. The van der Waals surface area contributed by atoms with Crippen LogP contribution in [0.5, 0.6) is 0 Å². The molecule has 0 aromatic carbocycles. The Balaban J connectivity index is 1.88. The normalized spacial score (nSPS) is 30.8. The van der Waals surface area contributed by atoms with Gasteiger partial charge in [0.15, 0.2) is 0 Å². The highest BCUT2D eigenvalue weighted by Crippen LogP contribution is 2.30. The van der Waals surface area contributed by atoms with Crippen molar-refractivity contribution in [2.24, 2.45) is 5.92 Å². The molecular formula is C10H17BO2. The maximum absolute atomic E-state index is 9.30. The lowest BCUT2D eigenvalue weighted by Crippen LogP contribution is -2.34. The number of hydrogen-bond donors (Lipinski definition) is 1. The molecule has 3 heteroatoms. The second-order valence-corrected chi connectivity index (χ2v) is 4.13. The summed E-state index contributed by atoms with van der Waals surface area (Å²) in [6.07, 6.45) is 9.93. The molecule has 1 fully saturated rings. The standard InChI is InChI=1S/C10H17BO2/c12-11-8-4-7-10(13-11)9-5-2-1-3-6-9/h4,8-10,12H,1-3,5-7H2. The molecule has 0 aromatic rings. The summed E-state index contributed by atoms with van der Waals surface area (Å²) >= 11 is 0. The average Bonchev–Trinajstić information content (AvgIpc) is 2.19. The average molecular weight is 180 g/mol. The Kier molecular flexibility index (Phi) is 3.07. The molecule has 0 bridgehead atoms. The van der Waals surface area contributed by atoms with E-state index in [-0.39, 0.29) is 6.10 Å². The molecule has 0 radical (unpaired) electrons. The smallest absolute Gasteiger partial charge is 0.423 e. The van der Waals surface area contributed by atoms with Gasteiger partial charge >= 0.3 is 7.12 Å². The summed E-state index contributed by atoms with van der Waals surface area (Å²) in [4.78, 5) is 0. The molecule has 1 aliphatic heterocycles. The highest BCUT2D eigenvalue weighted by atomic mass is 16.5. The van der Waals surface area contributed by atoms with Crippen LogP contribution in [0, 0.1) is 5.92 Å². The Morgan fingerprint density at radius 2 is 2.00 bits per heavy atom. The fourth-order valence-electron chi connectivity index (χ4n) is 2.42. The second-order valence-electron chi connectivity index (χ2n) is 4.13. The molecule has 1 atom stereocenters. The molecule has 1 aliphatic carbocycles. The van der Waals surface area contributed by atoms with Crippen LogP contribution in [-0.2, 0) is 4.65 Å². The zero-order valence-corrected chi connectivity index (χ0v) is 7.98. The van der Waals surface area contributed by atoms with E-state index in [0.717, 1.165) is 6.42 Å². The first-order valence-electron chi connectivity index (χ1n) is 5.36. The van der Waals surface area contributed by atoms with E-state index >= 15 is 0 Å². The van der Waals surface area contributed by atoms with Crippen molar-refractivity contribution in [1.29, 1.82) is 0 Å². The van der Waals surface area contributed by atoms with E-state index in [1.54, 1.807) is 5.98 Å². The molecule has 2 rings (SSSR count). The van der Waals surface area contributed by atoms with Gasteiger partial charge in [-0.3, -0.25) is 0 Å². The quantitative estimate of drug-likeness (QED) is 0.624. The van der Waals surface area contributed by atoms with Crippen LogP contribution < -0.4 is 0 Å². The zero-order chi connectivity index (χ0) is 9.10. The van der Waals surface area contributed by atoms with Gasteiger partial charge in [-0.1, -0.05) is 31.3 Å². The topological polar surface area (TPSA) is 29.5 Å². The highest BCUT2D eigenvalue weighted by Gasteiger charge is 2.28. The molecular weight excluding hydrogens is 163 g/mol. The van der Waals surface area contributed by atoms with Gasteiger partial charge in [0.2, 0.25) is 0 Å². The van der Waals surface area contributed by atoms with Crippen LogP contribution in [0.3, 0.4) is 0 Å². The van der Waals surface area contributed by atoms with E-state index in [2.05, 4.69) is 0 Å². The molecule has 0 saturated heterocycles. The fraction of sp³-hybridized carbons (Fsp3) is 0.800.